The first-order valence-electron chi connectivity index (χ1n) is 12.6. The SMILES string of the molecule is Nc1nc(=O)n(C2O[C@H](CO)[C@@H](O)[C@H]2O)cc1CCCCCc1cn(C2O[C@H](CO)[C@@H](O)[C@H]2O)c(=O)nc1N. The van der Waals surface area contributed by atoms with Gasteiger partial charge in [-0.1, -0.05) is 6.42 Å². The Labute approximate surface area is 221 Å². The van der Waals surface area contributed by atoms with Gasteiger partial charge in [-0.2, -0.15) is 9.97 Å². The predicted molar refractivity (Wildman–Crippen MR) is 133 cm³/mol. The second-order valence-electron chi connectivity index (χ2n) is 9.70. The van der Waals surface area contributed by atoms with Gasteiger partial charge in [0.25, 0.3) is 0 Å². The molecular weight excluding hydrogens is 520 g/mol. The first-order chi connectivity index (χ1) is 18.6. The van der Waals surface area contributed by atoms with E-state index in [1.54, 1.807) is 0 Å². The number of rotatable bonds is 10. The normalized spacial score (nSPS) is 30.7. The van der Waals surface area contributed by atoms with Gasteiger partial charge in [-0.15, -0.1) is 0 Å². The fourth-order valence-corrected chi connectivity index (χ4v) is 4.82. The molecule has 4 rings (SSSR count). The maximum absolute atomic E-state index is 12.4. The molecule has 0 saturated carbocycles. The highest BCUT2D eigenvalue weighted by Gasteiger charge is 2.45. The molecule has 2 aliphatic heterocycles. The van der Waals surface area contributed by atoms with Gasteiger partial charge in [0.05, 0.1) is 13.2 Å². The van der Waals surface area contributed by atoms with Crippen LogP contribution in [0.25, 0.3) is 0 Å². The van der Waals surface area contributed by atoms with Crippen LogP contribution in [0.5, 0.6) is 0 Å². The summed E-state index contributed by atoms with van der Waals surface area (Å²) in [6, 6.07) is 0. The Morgan fingerprint density at radius 3 is 1.41 bits per heavy atom. The number of aliphatic hydroxyl groups is 6. The summed E-state index contributed by atoms with van der Waals surface area (Å²) in [6.07, 6.45) is -4.50. The Morgan fingerprint density at radius 2 is 1.08 bits per heavy atom. The van der Waals surface area contributed by atoms with E-state index < -0.39 is 73.7 Å². The summed E-state index contributed by atoms with van der Waals surface area (Å²) < 4.78 is 12.9. The Hall–Kier alpha value is -2.96. The van der Waals surface area contributed by atoms with E-state index >= 15 is 0 Å². The molecule has 0 bridgehead atoms. The number of aliphatic hydroxyl groups excluding tert-OH is 6. The molecule has 2 fully saturated rings. The predicted octanol–water partition coefficient (Wildman–Crippen LogP) is -3.86. The molecular formula is C23H34N6O10. The number of ether oxygens (including phenoxy) is 2. The van der Waals surface area contributed by atoms with E-state index in [1.165, 1.54) is 12.4 Å². The monoisotopic (exact) mass is 554 g/mol. The number of nitrogens with two attached hydrogens (primary N) is 2. The van der Waals surface area contributed by atoms with Crippen LogP contribution < -0.4 is 22.8 Å². The average Bonchev–Trinajstić information content (AvgIpc) is 3.35. The summed E-state index contributed by atoms with van der Waals surface area (Å²) in [4.78, 5) is 32.3. The molecule has 0 aliphatic carbocycles. The fourth-order valence-electron chi connectivity index (χ4n) is 4.82. The Bertz CT molecular complexity index is 1180. The van der Waals surface area contributed by atoms with Gasteiger partial charge in [0.15, 0.2) is 12.5 Å². The number of unbranched alkanes of at least 4 members (excludes halogenated alkanes) is 2. The highest BCUT2D eigenvalue weighted by molar-refractivity contribution is 5.38. The third-order valence-corrected chi connectivity index (χ3v) is 7.10. The van der Waals surface area contributed by atoms with Crippen LogP contribution in [0.4, 0.5) is 11.6 Å². The molecule has 8 atom stereocenters. The van der Waals surface area contributed by atoms with Crippen molar-refractivity contribution in [2.75, 3.05) is 24.7 Å². The second kappa shape index (κ2) is 12.1. The van der Waals surface area contributed by atoms with Gasteiger partial charge < -0.3 is 51.6 Å². The molecule has 16 heteroatoms. The third kappa shape index (κ3) is 5.82. The highest BCUT2D eigenvalue weighted by atomic mass is 16.6. The molecule has 10 N–H and O–H groups in total. The van der Waals surface area contributed by atoms with Crippen molar-refractivity contribution >= 4 is 11.6 Å². The van der Waals surface area contributed by atoms with Crippen molar-refractivity contribution in [3.05, 3.63) is 44.5 Å². The molecule has 4 heterocycles. The standard InChI is InChI=1S/C23H34N6O10/c24-18-10(6-28(22(36)26-18)20-16(34)14(32)12(8-30)38-20)4-2-1-3-5-11-7-29(23(37)27-19(11)25)21-17(35)15(33)13(9-31)39-21/h6-7,12-17,20-21,30-35H,1-5,8-9H2,(H2,24,26,36)(H2,25,27,37)/t12-,13-,14-,15-,16-,17-,20?,21?/m1/s1. The third-order valence-electron chi connectivity index (χ3n) is 7.10. The van der Waals surface area contributed by atoms with Crippen LogP contribution in [-0.2, 0) is 22.3 Å². The average molecular weight is 555 g/mol. The smallest absolute Gasteiger partial charge is 0.351 e. The Balaban J connectivity index is 1.37. The first-order valence-corrected chi connectivity index (χ1v) is 12.6. The number of nitrogens with zero attached hydrogens (tertiary/aromatic N) is 4. The van der Waals surface area contributed by atoms with Crippen LogP contribution in [0.3, 0.4) is 0 Å². The van der Waals surface area contributed by atoms with Gasteiger partial charge >= 0.3 is 11.4 Å². The lowest BCUT2D eigenvalue weighted by Crippen LogP contribution is -2.36. The minimum Gasteiger partial charge on any atom is -0.394 e. The molecule has 16 nitrogen and oxygen atoms in total. The zero-order chi connectivity index (χ0) is 28.4. The summed E-state index contributed by atoms with van der Waals surface area (Å²) in [5.74, 6) is 0.0593. The summed E-state index contributed by atoms with van der Waals surface area (Å²) in [5.41, 5.74) is 11.4. The van der Waals surface area contributed by atoms with E-state index in [-0.39, 0.29) is 11.6 Å². The van der Waals surface area contributed by atoms with Crippen LogP contribution in [-0.4, -0.2) is 99.6 Å². The Kier molecular flexibility index (Phi) is 8.97. The van der Waals surface area contributed by atoms with Gasteiger partial charge in [-0.05, 0) is 25.7 Å². The van der Waals surface area contributed by atoms with Crippen LogP contribution >= 0.6 is 0 Å². The first kappa shape index (κ1) is 29.0. The number of aromatic nitrogens is 4. The van der Waals surface area contributed by atoms with E-state index in [9.17, 15) is 40.2 Å². The second-order valence-corrected chi connectivity index (χ2v) is 9.70. The van der Waals surface area contributed by atoms with Crippen LogP contribution in [0.15, 0.2) is 22.0 Å². The van der Waals surface area contributed by atoms with Crippen molar-refractivity contribution < 1.29 is 40.1 Å². The molecule has 2 aromatic heterocycles. The molecule has 2 aromatic rings. The summed E-state index contributed by atoms with van der Waals surface area (Å²) >= 11 is 0. The lowest BCUT2D eigenvalue weighted by atomic mass is 10.1. The number of aryl methyl sites for hydroxylation is 2. The molecule has 0 amide bonds. The summed E-state index contributed by atoms with van der Waals surface area (Å²) in [5, 5.41) is 59.1. The quantitative estimate of drug-likeness (QED) is 0.131. The van der Waals surface area contributed by atoms with Crippen molar-refractivity contribution in [2.45, 2.75) is 81.2 Å². The lowest BCUT2D eigenvalue weighted by Gasteiger charge is -2.19. The van der Waals surface area contributed by atoms with E-state index in [1.807, 2.05) is 0 Å². The summed E-state index contributed by atoms with van der Waals surface area (Å²) in [6.45, 7) is -1.06. The molecule has 216 valence electrons. The topological polar surface area (TPSA) is 262 Å². The van der Waals surface area contributed by atoms with Gasteiger partial charge in [0.1, 0.15) is 48.3 Å². The fraction of sp³-hybridized carbons (Fsp3) is 0.652. The molecule has 39 heavy (non-hydrogen) atoms. The molecule has 0 spiro atoms. The van der Waals surface area contributed by atoms with Crippen molar-refractivity contribution in [3.63, 3.8) is 0 Å². The van der Waals surface area contributed by atoms with E-state index in [0.29, 0.717) is 43.2 Å². The van der Waals surface area contributed by atoms with Gasteiger partial charge in [0.2, 0.25) is 0 Å². The lowest BCUT2D eigenvalue weighted by molar-refractivity contribution is -0.0550. The van der Waals surface area contributed by atoms with Crippen LogP contribution in [0, 0.1) is 0 Å². The number of anilines is 2. The van der Waals surface area contributed by atoms with E-state index in [2.05, 4.69) is 9.97 Å². The van der Waals surface area contributed by atoms with Crippen molar-refractivity contribution in [3.8, 4) is 0 Å². The van der Waals surface area contributed by atoms with Crippen molar-refractivity contribution in [2.24, 2.45) is 0 Å². The molecule has 0 radical (unpaired) electrons. The zero-order valence-electron chi connectivity index (χ0n) is 21.0. The minimum atomic E-state index is -1.44. The molecule has 2 saturated heterocycles. The minimum absolute atomic E-state index is 0.0296. The molecule has 2 aliphatic rings. The van der Waals surface area contributed by atoms with Gasteiger partial charge in [0, 0.05) is 23.5 Å². The number of hydrogen-bond donors (Lipinski definition) is 8. The molecule has 0 aromatic carbocycles. The van der Waals surface area contributed by atoms with E-state index in [4.69, 9.17) is 20.9 Å². The maximum atomic E-state index is 12.4. The highest BCUT2D eigenvalue weighted by Crippen LogP contribution is 2.30. The van der Waals surface area contributed by atoms with Crippen LogP contribution in [0.2, 0.25) is 0 Å². The number of nitrogen functional groups attached to an aromatic ring is 2. The number of hydrogen-bond acceptors (Lipinski definition) is 14. The van der Waals surface area contributed by atoms with Gasteiger partial charge in [-0.25, -0.2) is 9.59 Å². The largest absolute Gasteiger partial charge is 0.394 e. The summed E-state index contributed by atoms with van der Waals surface area (Å²) in [7, 11) is 0. The zero-order valence-corrected chi connectivity index (χ0v) is 21.0. The maximum Gasteiger partial charge on any atom is 0.351 e. The van der Waals surface area contributed by atoms with Crippen LogP contribution in [0.1, 0.15) is 42.8 Å². The Morgan fingerprint density at radius 1 is 0.692 bits per heavy atom. The van der Waals surface area contributed by atoms with Crippen molar-refractivity contribution in [1.82, 2.24) is 19.1 Å². The van der Waals surface area contributed by atoms with E-state index in [0.717, 1.165) is 9.13 Å². The van der Waals surface area contributed by atoms with Gasteiger partial charge in [-0.3, -0.25) is 9.13 Å². The van der Waals surface area contributed by atoms with Crippen molar-refractivity contribution in [1.29, 1.82) is 0 Å². The molecule has 2 unspecified atom stereocenters.